The Balaban J connectivity index is 2.65. The number of aromatic nitrogens is 2. The van der Waals surface area contributed by atoms with Gasteiger partial charge in [0, 0.05) is 12.6 Å². The van der Waals surface area contributed by atoms with Crippen LogP contribution in [0.2, 0.25) is 0 Å². The molecule has 1 aromatic heterocycles. The van der Waals surface area contributed by atoms with Gasteiger partial charge in [-0.1, -0.05) is 0 Å². The minimum Gasteiger partial charge on any atom is -0.505 e. The van der Waals surface area contributed by atoms with Crippen molar-refractivity contribution in [2.24, 2.45) is 7.05 Å². The van der Waals surface area contributed by atoms with E-state index < -0.39 is 17.5 Å². The Bertz CT molecular complexity index is 634. The Morgan fingerprint density at radius 2 is 2.06 bits per heavy atom. The summed E-state index contributed by atoms with van der Waals surface area (Å²) in [5.41, 5.74) is 0.911. The molecule has 2 aromatic rings. The number of rotatable bonds is 2. The van der Waals surface area contributed by atoms with Crippen LogP contribution in [-0.4, -0.2) is 26.0 Å². The number of carboxylic acids is 1. The molecule has 6 heteroatoms. The lowest BCUT2D eigenvalue weighted by Crippen LogP contribution is -1.99. The van der Waals surface area contributed by atoms with Crippen molar-refractivity contribution in [3.63, 3.8) is 0 Å². The van der Waals surface area contributed by atoms with Crippen LogP contribution in [0.3, 0.4) is 0 Å². The maximum atomic E-state index is 13.8. The molecule has 0 aliphatic rings. The fraction of sp³-hybridized carbons (Fsp3) is 0.167. The monoisotopic (exact) mass is 250 g/mol. The number of aromatic carboxylic acids is 1. The molecule has 0 saturated carbocycles. The third-order valence-corrected chi connectivity index (χ3v) is 2.57. The molecule has 94 valence electrons. The van der Waals surface area contributed by atoms with Crippen molar-refractivity contribution in [3.8, 4) is 17.0 Å². The van der Waals surface area contributed by atoms with Crippen LogP contribution in [0.15, 0.2) is 18.2 Å². The number of halogens is 1. The molecular weight excluding hydrogens is 239 g/mol. The first-order valence-corrected chi connectivity index (χ1v) is 5.17. The van der Waals surface area contributed by atoms with Crippen LogP contribution in [0.4, 0.5) is 4.39 Å². The van der Waals surface area contributed by atoms with Crippen LogP contribution in [0.1, 0.15) is 16.1 Å². The van der Waals surface area contributed by atoms with Gasteiger partial charge in [-0.25, -0.2) is 9.18 Å². The van der Waals surface area contributed by atoms with Crippen molar-refractivity contribution < 1.29 is 19.4 Å². The molecule has 0 saturated heterocycles. The molecule has 0 unspecified atom stereocenters. The van der Waals surface area contributed by atoms with Gasteiger partial charge < -0.3 is 10.2 Å². The molecule has 1 heterocycles. The maximum absolute atomic E-state index is 13.8. The zero-order chi connectivity index (χ0) is 13.4. The van der Waals surface area contributed by atoms with E-state index in [-0.39, 0.29) is 11.3 Å². The van der Waals surface area contributed by atoms with Gasteiger partial charge in [-0.3, -0.25) is 4.68 Å². The largest absolute Gasteiger partial charge is 0.505 e. The molecule has 0 aliphatic heterocycles. The second-order valence-electron chi connectivity index (χ2n) is 3.99. The summed E-state index contributed by atoms with van der Waals surface area (Å²) in [5, 5.41) is 22.0. The number of aryl methyl sites for hydroxylation is 2. The highest BCUT2D eigenvalue weighted by molar-refractivity contribution is 5.87. The molecule has 0 spiro atoms. The summed E-state index contributed by atoms with van der Waals surface area (Å²) in [6.45, 7) is 1.71. The van der Waals surface area contributed by atoms with Gasteiger partial charge >= 0.3 is 5.97 Å². The summed E-state index contributed by atoms with van der Waals surface area (Å²) in [5.74, 6) is -2.45. The molecule has 5 nitrogen and oxygen atoms in total. The molecule has 0 aliphatic carbocycles. The molecule has 1 aromatic carbocycles. The van der Waals surface area contributed by atoms with Gasteiger partial charge in [0.1, 0.15) is 0 Å². The van der Waals surface area contributed by atoms with Gasteiger partial charge in [-0.15, -0.1) is 0 Å². The van der Waals surface area contributed by atoms with E-state index in [0.29, 0.717) is 11.3 Å². The average Bonchev–Trinajstić information content (AvgIpc) is 2.66. The third kappa shape index (κ3) is 1.92. The number of phenolic OH excluding ortho intramolecular Hbond substituents is 1. The number of carbonyl (C=O) groups is 1. The fourth-order valence-corrected chi connectivity index (χ4v) is 1.76. The summed E-state index contributed by atoms with van der Waals surface area (Å²) in [7, 11) is 1.51. The van der Waals surface area contributed by atoms with Crippen molar-refractivity contribution in [1.82, 2.24) is 9.78 Å². The molecular formula is C12H11FN2O3. The van der Waals surface area contributed by atoms with Crippen LogP contribution >= 0.6 is 0 Å². The van der Waals surface area contributed by atoms with Crippen LogP contribution in [-0.2, 0) is 7.05 Å². The number of hydrogen-bond donors (Lipinski definition) is 2. The Kier molecular flexibility index (Phi) is 2.78. The van der Waals surface area contributed by atoms with Crippen LogP contribution in [0.5, 0.6) is 5.75 Å². The topological polar surface area (TPSA) is 75.3 Å². The van der Waals surface area contributed by atoms with Crippen molar-refractivity contribution in [3.05, 3.63) is 35.3 Å². The van der Waals surface area contributed by atoms with Gasteiger partial charge in [0.25, 0.3) is 0 Å². The molecule has 0 fully saturated rings. The van der Waals surface area contributed by atoms with Crippen LogP contribution < -0.4 is 0 Å². The standard InChI is InChI=1S/C12H11FN2O3/c1-6-3-7(11(13)10(16)4-6)9-5-8(12(17)18)14-15(9)2/h3-5,16H,1-2H3,(H,17,18). The fourth-order valence-electron chi connectivity index (χ4n) is 1.76. The first-order chi connectivity index (χ1) is 8.40. The third-order valence-electron chi connectivity index (χ3n) is 2.57. The van der Waals surface area contributed by atoms with Gasteiger partial charge in [0.2, 0.25) is 0 Å². The zero-order valence-electron chi connectivity index (χ0n) is 9.81. The van der Waals surface area contributed by atoms with Gasteiger partial charge in [-0.2, -0.15) is 5.10 Å². The zero-order valence-corrected chi connectivity index (χ0v) is 9.81. The predicted octanol–water partition coefficient (Wildman–Crippen LogP) is 1.94. The highest BCUT2D eigenvalue weighted by Crippen LogP contribution is 2.30. The highest BCUT2D eigenvalue weighted by Gasteiger charge is 2.17. The summed E-state index contributed by atoms with van der Waals surface area (Å²) >= 11 is 0. The van der Waals surface area contributed by atoms with E-state index in [1.807, 2.05) is 0 Å². The van der Waals surface area contributed by atoms with Gasteiger partial charge in [0.05, 0.1) is 5.69 Å². The minimum atomic E-state index is -1.19. The highest BCUT2D eigenvalue weighted by atomic mass is 19.1. The lowest BCUT2D eigenvalue weighted by atomic mass is 10.1. The maximum Gasteiger partial charge on any atom is 0.356 e. The van der Waals surface area contributed by atoms with Crippen LogP contribution in [0.25, 0.3) is 11.3 Å². The van der Waals surface area contributed by atoms with E-state index in [0.717, 1.165) is 0 Å². The second-order valence-corrected chi connectivity index (χ2v) is 3.99. The molecule has 0 atom stereocenters. The molecule has 18 heavy (non-hydrogen) atoms. The van der Waals surface area contributed by atoms with E-state index in [1.165, 1.54) is 29.9 Å². The van der Waals surface area contributed by atoms with E-state index in [2.05, 4.69) is 5.10 Å². The number of nitrogens with zero attached hydrogens (tertiary/aromatic N) is 2. The minimum absolute atomic E-state index is 0.120. The molecule has 0 radical (unpaired) electrons. The number of aromatic hydroxyl groups is 1. The Morgan fingerprint density at radius 1 is 1.39 bits per heavy atom. The van der Waals surface area contributed by atoms with E-state index in [4.69, 9.17) is 5.11 Å². The lowest BCUT2D eigenvalue weighted by Gasteiger charge is -2.06. The lowest BCUT2D eigenvalue weighted by molar-refractivity contribution is 0.0689. The number of benzene rings is 1. The Morgan fingerprint density at radius 3 is 2.61 bits per heavy atom. The number of phenols is 1. The summed E-state index contributed by atoms with van der Waals surface area (Å²) in [6, 6.07) is 4.09. The predicted molar refractivity (Wildman–Crippen MR) is 62.0 cm³/mol. The van der Waals surface area contributed by atoms with Gasteiger partial charge in [0.15, 0.2) is 17.3 Å². The Labute approximate surface area is 102 Å². The Hall–Kier alpha value is -2.37. The number of hydrogen-bond acceptors (Lipinski definition) is 3. The van der Waals surface area contributed by atoms with Gasteiger partial charge in [-0.05, 0) is 30.7 Å². The van der Waals surface area contributed by atoms with Crippen LogP contribution in [0, 0.1) is 12.7 Å². The molecule has 2 N–H and O–H groups in total. The van der Waals surface area contributed by atoms with Crippen molar-refractivity contribution in [2.45, 2.75) is 6.92 Å². The second kappa shape index (κ2) is 4.14. The van der Waals surface area contributed by atoms with Crippen molar-refractivity contribution >= 4 is 5.97 Å². The van der Waals surface area contributed by atoms with Crippen molar-refractivity contribution in [1.29, 1.82) is 0 Å². The van der Waals surface area contributed by atoms with E-state index in [9.17, 15) is 14.3 Å². The van der Waals surface area contributed by atoms with E-state index in [1.54, 1.807) is 6.92 Å². The SMILES string of the molecule is Cc1cc(O)c(F)c(-c2cc(C(=O)O)nn2C)c1. The summed E-state index contributed by atoms with van der Waals surface area (Å²) in [6.07, 6.45) is 0. The quantitative estimate of drug-likeness (QED) is 0.854. The number of carboxylic acid groups (broad SMARTS) is 1. The average molecular weight is 250 g/mol. The smallest absolute Gasteiger partial charge is 0.356 e. The van der Waals surface area contributed by atoms with E-state index >= 15 is 0 Å². The summed E-state index contributed by atoms with van der Waals surface area (Å²) in [4.78, 5) is 10.8. The molecule has 0 bridgehead atoms. The normalized spacial score (nSPS) is 10.6. The molecule has 2 rings (SSSR count). The van der Waals surface area contributed by atoms with Crippen molar-refractivity contribution in [2.75, 3.05) is 0 Å². The molecule has 0 amide bonds. The first kappa shape index (κ1) is 12.1. The summed E-state index contributed by atoms with van der Waals surface area (Å²) < 4.78 is 15.1. The first-order valence-electron chi connectivity index (χ1n) is 5.17.